The van der Waals surface area contributed by atoms with E-state index in [4.69, 9.17) is 4.74 Å². The molecule has 0 fully saturated rings. The van der Waals surface area contributed by atoms with Gasteiger partial charge in [-0.15, -0.1) is 0 Å². The van der Waals surface area contributed by atoms with E-state index in [1.165, 1.54) is 5.57 Å². The average Bonchev–Trinajstić information content (AvgIpc) is 2.97. The highest BCUT2D eigenvalue weighted by Gasteiger charge is 2.42. The second kappa shape index (κ2) is 4.00. The van der Waals surface area contributed by atoms with Crippen LogP contribution in [0.2, 0.25) is 0 Å². The lowest BCUT2D eigenvalue weighted by Gasteiger charge is -2.03. The summed E-state index contributed by atoms with van der Waals surface area (Å²) >= 11 is 0. The second-order valence-electron chi connectivity index (χ2n) is 4.80. The smallest absolute Gasteiger partial charge is 0.359 e. The van der Waals surface area contributed by atoms with Gasteiger partial charge in [0.25, 0.3) is 0 Å². The maximum atomic E-state index is 12.0. The molecule has 0 spiro atoms. The summed E-state index contributed by atoms with van der Waals surface area (Å²) < 4.78 is 6.80. The van der Waals surface area contributed by atoms with Crippen molar-refractivity contribution in [1.82, 2.24) is 19.7 Å². The van der Waals surface area contributed by atoms with E-state index < -0.39 is 0 Å². The lowest BCUT2D eigenvalue weighted by Crippen LogP contribution is -2.09. The van der Waals surface area contributed by atoms with Crippen LogP contribution in [0.1, 0.15) is 34.6 Å². The molecule has 2 heterocycles. The first-order valence-corrected chi connectivity index (χ1v) is 6.55. The predicted molar refractivity (Wildman–Crippen MR) is 69.6 cm³/mol. The molecule has 0 aliphatic heterocycles. The fourth-order valence-corrected chi connectivity index (χ4v) is 2.69. The highest BCUT2D eigenvalue weighted by Crippen LogP contribution is 2.50. The molecule has 0 bridgehead atoms. The first kappa shape index (κ1) is 11.3. The van der Waals surface area contributed by atoms with Crippen molar-refractivity contribution in [2.75, 3.05) is 6.61 Å². The summed E-state index contributed by atoms with van der Waals surface area (Å²) in [6, 6.07) is 0. The number of rotatable bonds is 3. The normalized spacial score (nSPS) is 18.2. The molecule has 6 heteroatoms. The number of carbonyl (C=O) groups is 1. The van der Waals surface area contributed by atoms with E-state index in [0.717, 1.165) is 17.7 Å². The van der Waals surface area contributed by atoms with E-state index in [2.05, 4.69) is 21.1 Å². The van der Waals surface area contributed by atoms with Crippen molar-refractivity contribution < 1.29 is 9.53 Å². The van der Waals surface area contributed by atoms with E-state index in [0.29, 0.717) is 24.0 Å². The van der Waals surface area contributed by atoms with Crippen LogP contribution in [0.25, 0.3) is 5.82 Å². The number of hydrogen-bond acceptors (Lipinski definition) is 5. The highest BCUT2D eigenvalue weighted by molar-refractivity contribution is 5.90. The number of aromatic nitrogens is 4. The Morgan fingerprint density at radius 2 is 2.40 bits per heavy atom. The van der Waals surface area contributed by atoms with Gasteiger partial charge >= 0.3 is 5.97 Å². The van der Waals surface area contributed by atoms with Gasteiger partial charge in [-0.3, -0.25) is 4.98 Å². The molecule has 2 aliphatic carbocycles. The summed E-state index contributed by atoms with van der Waals surface area (Å²) in [5.74, 6) is 0.567. The van der Waals surface area contributed by atoms with Crippen molar-refractivity contribution >= 4 is 5.97 Å². The molecular weight excluding hydrogens is 256 g/mol. The zero-order valence-corrected chi connectivity index (χ0v) is 10.9. The molecule has 1 atom stereocenters. The third-order valence-corrected chi connectivity index (χ3v) is 3.61. The molecule has 20 heavy (non-hydrogen) atoms. The molecule has 4 rings (SSSR count). The van der Waals surface area contributed by atoms with Gasteiger partial charge in [0.1, 0.15) is 0 Å². The van der Waals surface area contributed by atoms with Crippen LogP contribution in [-0.2, 0) is 11.2 Å². The van der Waals surface area contributed by atoms with Gasteiger partial charge in [0.05, 0.1) is 18.5 Å². The van der Waals surface area contributed by atoms with Gasteiger partial charge in [-0.05, 0) is 13.3 Å². The molecule has 6 nitrogen and oxygen atoms in total. The van der Waals surface area contributed by atoms with Gasteiger partial charge in [-0.25, -0.2) is 14.5 Å². The topological polar surface area (TPSA) is 69.9 Å². The Morgan fingerprint density at radius 1 is 1.50 bits per heavy atom. The monoisotopic (exact) mass is 268 g/mol. The zero-order chi connectivity index (χ0) is 13.7. The minimum absolute atomic E-state index is 0.308. The Kier molecular flexibility index (Phi) is 2.26. The maximum absolute atomic E-state index is 12.0. The number of carbonyl (C=O) groups excluding carboxylic acids is 1. The van der Waals surface area contributed by atoms with Crippen molar-refractivity contribution in [3.05, 3.63) is 47.2 Å². The fraction of sp³-hybridized carbons (Fsp3) is 0.286. The predicted octanol–water partition coefficient (Wildman–Crippen LogP) is 1.42. The molecule has 100 valence electrons. The minimum Gasteiger partial charge on any atom is -0.461 e. The van der Waals surface area contributed by atoms with Crippen LogP contribution >= 0.6 is 0 Å². The standard InChI is InChI=1S/C14H12N4O2/c1-2-20-14(19)12-10-6-8-5-9(8)13(10)18(17-12)11-7-15-3-4-16-11/h3-5,7,9H,2,6H2,1H3/t9-/m0/s1. The SMILES string of the molecule is CCOC(=O)c1nn(-c2cnccn2)c2c1CC1=C[C@@H]12. The summed E-state index contributed by atoms with van der Waals surface area (Å²) in [5.41, 5.74) is 3.75. The molecule has 2 aliphatic rings. The Morgan fingerprint density at radius 3 is 3.15 bits per heavy atom. The second-order valence-corrected chi connectivity index (χ2v) is 4.80. The van der Waals surface area contributed by atoms with E-state index in [9.17, 15) is 4.79 Å². The van der Waals surface area contributed by atoms with E-state index >= 15 is 0 Å². The number of nitrogens with zero attached hydrogens (tertiary/aromatic N) is 4. The third kappa shape index (κ3) is 1.51. The molecule has 2 aromatic heterocycles. The van der Waals surface area contributed by atoms with Crippen molar-refractivity contribution in [2.45, 2.75) is 19.3 Å². The number of fused-ring (bicyclic) bond motifs is 3. The Labute approximate surface area is 115 Å². The van der Waals surface area contributed by atoms with Crippen molar-refractivity contribution in [3.63, 3.8) is 0 Å². The van der Waals surface area contributed by atoms with Crippen molar-refractivity contribution in [1.29, 1.82) is 0 Å². The van der Waals surface area contributed by atoms with Crippen LogP contribution in [-0.4, -0.2) is 32.3 Å². The average molecular weight is 268 g/mol. The van der Waals surface area contributed by atoms with Gasteiger partial charge in [0, 0.05) is 23.9 Å². The van der Waals surface area contributed by atoms with Crippen LogP contribution in [0.15, 0.2) is 30.2 Å². The molecule has 0 aromatic carbocycles. The van der Waals surface area contributed by atoms with Gasteiger partial charge in [-0.2, -0.15) is 5.10 Å². The summed E-state index contributed by atoms with van der Waals surface area (Å²) in [6.07, 6.45) is 7.84. The summed E-state index contributed by atoms with van der Waals surface area (Å²) in [5, 5.41) is 4.40. The molecule has 0 saturated heterocycles. The maximum Gasteiger partial charge on any atom is 0.359 e. The minimum atomic E-state index is -0.367. The van der Waals surface area contributed by atoms with Crippen LogP contribution < -0.4 is 0 Å². The van der Waals surface area contributed by atoms with Crippen LogP contribution in [0.3, 0.4) is 0 Å². The van der Waals surface area contributed by atoms with Crippen molar-refractivity contribution in [2.24, 2.45) is 0 Å². The lowest BCUT2D eigenvalue weighted by atomic mass is 10.1. The van der Waals surface area contributed by atoms with Gasteiger partial charge in [0.2, 0.25) is 0 Å². The van der Waals surface area contributed by atoms with E-state index in [1.807, 2.05) is 0 Å². The van der Waals surface area contributed by atoms with Gasteiger partial charge in [-0.1, -0.05) is 11.6 Å². The fourth-order valence-electron chi connectivity index (χ4n) is 2.69. The van der Waals surface area contributed by atoms with Crippen LogP contribution in [0, 0.1) is 0 Å². The lowest BCUT2D eigenvalue weighted by molar-refractivity contribution is 0.0518. The third-order valence-electron chi connectivity index (χ3n) is 3.61. The Hall–Kier alpha value is -2.50. The summed E-state index contributed by atoms with van der Waals surface area (Å²) in [4.78, 5) is 20.3. The quantitative estimate of drug-likeness (QED) is 0.622. The van der Waals surface area contributed by atoms with Crippen LogP contribution in [0.5, 0.6) is 0 Å². The van der Waals surface area contributed by atoms with Gasteiger partial charge < -0.3 is 4.74 Å². The van der Waals surface area contributed by atoms with Crippen LogP contribution in [0.4, 0.5) is 0 Å². The molecular formula is C14H12N4O2. The van der Waals surface area contributed by atoms with E-state index in [-0.39, 0.29) is 5.97 Å². The largest absolute Gasteiger partial charge is 0.461 e. The number of hydrogen-bond donors (Lipinski definition) is 0. The van der Waals surface area contributed by atoms with Gasteiger partial charge in [0.15, 0.2) is 11.5 Å². The Balaban J connectivity index is 1.85. The molecule has 2 aromatic rings. The molecule has 0 N–H and O–H groups in total. The first-order valence-electron chi connectivity index (χ1n) is 6.55. The molecule has 0 amide bonds. The number of esters is 1. The highest BCUT2D eigenvalue weighted by atomic mass is 16.5. The summed E-state index contributed by atoms with van der Waals surface area (Å²) in [7, 11) is 0. The van der Waals surface area contributed by atoms with Crippen molar-refractivity contribution in [3.8, 4) is 5.82 Å². The number of ether oxygens (including phenoxy) is 1. The van der Waals surface area contributed by atoms with E-state index in [1.54, 1.807) is 30.2 Å². The first-order chi connectivity index (χ1) is 9.79. The zero-order valence-electron chi connectivity index (χ0n) is 10.9. The Bertz CT molecular complexity index is 733. The molecule has 0 unspecified atom stereocenters. The molecule has 0 saturated carbocycles. The number of allylic oxidation sites excluding steroid dienone is 2. The molecule has 0 radical (unpaired) electrons. The summed E-state index contributed by atoms with van der Waals surface area (Å²) in [6.45, 7) is 2.13.